The van der Waals surface area contributed by atoms with Crippen molar-refractivity contribution in [3.05, 3.63) is 12.2 Å². The van der Waals surface area contributed by atoms with Crippen LogP contribution in [0.3, 0.4) is 0 Å². The fraction of sp³-hybridized carbons (Fsp3) is 0.727. The van der Waals surface area contributed by atoms with E-state index in [-0.39, 0.29) is 0 Å². The number of aliphatic imine (C=N–C) groups is 1. The molecule has 0 atom stereocenters. The number of nitrogens with zero attached hydrogens (tertiary/aromatic N) is 1. The van der Waals surface area contributed by atoms with E-state index in [1.54, 1.807) is 0 Å². The average Bonchev–Trinajstić information content (AvgIpc) is 2.10. The maximum Gasteiger partial charge on any atom is 0.0385 e. The molecular weight excluding hydrogens is 146 g/mol. The van der Waals surface area contributed by atoms with Gasteiger partial charge in [0, 0.05) is 6.54 Å². The lowest BCUT2D eigenvalue weighted by Gasteiger charge is -2.00. The van der Waals surface area contributed by atoms with Crippen LogP contribution >= 0.6 is 0 Å². The minimum Gasteiger partial charge on any atom is -0.298 e. The van der Waals surface area contributed by atoms with Gasteiger partial charge >= 0.3 is 0 Å². The minimum absolute atomic E-state index is 0.995. The van der Waals surface area contributed by atoms with Crippen LogP contribution in [0, 0.1) is 0 Å². The van der Waals surface area contributed by atoms with Crippen LogP contribution in [0.2, 0.25) is 0 Å². The van der Waals surface area contributed by atoms with Gasteiger partial charge in [-0.25, -0.2) is 0 Å². The van der Waals surface area contributed by atoms with Crippen LogP contribution in [0.1, 0.15) is 46.0 Å². The number of allylic oxidation sites excluding steroid dienone is 1. The molecule has 1 nitrogen and oxygen atoms in total. The van der Waals surface area contributed by atoms with Crippen molar-refractivity contribution in [1.29, 1.82) is 0 Å². The topological polar surface area (TPSA) is 12.4 Å². The number of rotatable bonds is 7. The van der Waals surface area contributed by atoms with Gasteiger partial charge in [-0.05, 0) is 38.8 Å². The molecule has 0 aromatic rings. The van der Waals surface area contributed by atoms with E-state index in [1.165, 1.54) is 31.3 Å². The van der Waals surface area contributed by atoms with E-state index in [4.69, 9.17) is 0 Å². The quantitative estimate of drug-likeness (QED) is 0.312. The lowest BCUT2D eigenvalue weighted by atomic mass is 10.1. The van der Waals surface area contributed by atoms with Crippen molar-refractivity contribution in [2.45, 2.75) is 46.0 Å². The average molecular weight is 167 g/mol. The van der Waals surface area contributed by atoms with E-state index in [0.717, 1.165) is 13.0 Å². The number of unbranched alkanes of at least 4 members (excludes halogenated alkanes) is 2. The first-order valence-corrected chi connectivity index (χ1v) is 4.92. The Morgan fingerprint density at radius 2 is 2.08 bits per heavy atom. The second-order valence-electron chi connectivity index (χ2n) is 3.08. The molecule has 0 aromatic carbocycles. The molecule has 1 heteroatoms. The van der Waals surface area contributed by atoms with Crippen LogP contribution in [0.5, 0.6) is 0 Å². The molecule has 0 heterocycles. The van der Waals surface area contributed by atoms with Gasteiger partial charge in [-0.3, -0.25) is 4.99 Å². The maximum absolute atomic E-state index is 4.16. The molecule has 0 spiro atoms. The summed E-state index contributed by atoms with van der Waals surface area (Å²) in [6.07, 6.45) is 8.01. The van der Waals surface area contributed by atoms with Gasteiger partial charge < -0.3 is 0 Å². The first-order chi connectivity index (χ1) is 5.81. The van der Waals surface area contributed by atoms with Crippen LogP contribution in [-0.2, 0) is 0 Å². The highest BCUT2D eigenvalue weighted by Crippen LogP contribution is 2.09. The Labute approximate surface area is 76.6 Å². The Hall–Kier alpha value is -0.590. The number of hydrogen-bond donors (Lipinski definition) is 0. The summed E-state index contributed by atoms with van der Waals surface area (Å²) >= 11 is 0. The van der Waals surface area contributed by atoms with Crippen molar-refractivity contribution < 1.29 is 0 Å². The van der Waals surface area contributed by atoms with Crippen LogP contribution < -0.4 is 0 Å². The van der Waals surface area contributed by atoms with E-state index in [2.05, 4.69) is 18.5 Å². The Morgan fingerprint density at radius 1 is 1.33 bits per heavy atom. The Morgan fingerprint density at radius 3 is 2.67 bits per heavy atom. The van der Waals surface area contributed by atoms with Gasteiger partial charge in [0.2, 0.25) is 0 Å². The van der Waals surface area contributed by atoms with Gasteiger partial charge in [-0.15, -0.1) is 0 Å². The summed E-state index contributed by atoms with van der Waals surface area (Å²) in [6, 6.07) is 0. The first-order valence-electron chi connectivity index (χ1n) is 4.92. The van der Waals surface area contributed by atoms with Crippen molar-refractivity contribution in [3.63, 3.8) is 0 Å². The molecule has 70 valence electrons. The lowest BCUT2D eigenvalue weighted by Crippen LogP contribution is -1.84. The third kappa shape index (κ3) is 7.52. The third-order valence-electron chi connectivity index (χ3n) is 2.00. The summed E-state index contributed by atoms with van der Waals surface area (Å²) in [5.74, 6) is 0. The molecule has 0 amide bonds. The van der Waals surface area contributed by atoms with Crippen LogP contribution in [-0.4, -0.2) is 12.8 Å². The summed E-state index contributed by atoms with van der Waals surface area (Å²) in [4.78, 5) is 4.16. The molecule has 0 fully saturated rings. The van der Waals surface area contributed by atoms with Crippen LogP contribution in [0.4, 0.5) is 0 Å². The highest BCUT2D eigenvalue weighted by Gasteiger charge is 1.91. The number of hydrogen-bond acceptors (Lipinski definition) is 1. The van der Waals surface area contributed by atoms with Crippen LogP contribution in [0.25, 0.3) is 0 Å². The second-order valence-corrected chi connectivity index (χ2v) is 3.08. The summed E-state index contributed by atoms with van der Waals surface area (Å²) in [7, 11) is 0. The molecule has 0 unspecified atom stereocenters. The second kappa shape index (κ2) is 8.51. The van der Waals surface area contributed by atoms with E-state index in [0.29, 0.717) is 0 Å². The lowest BCUT2D eigenvalue weighted by molar-refractivity contribution is 0.678. The molecule has 0 bridgehead atoms. The maximum atomic E-state index is 4.16. The molecule has 0 saturated heterocycles. The van der Waals surface area contributed by atoms with E-state index >= 15 is 0 Å². The highest BCUT2D eigenvalue weighted by atomic mass is 14.7. The molecule has 0 aliphatic carbocycles. The van der Waals surface area contributed by atoms with Gasteiger partial charge in [0.25, 0.3) is 0 Å². The minimum atomic E-state index is 0.995. The van der Waals surface area contributed by atoms with Crippen molar-refractivity contribution in [1.82, 2.24) is 0 Å². The van der Waals surface area contributed by atoms with Gasteiger partial charge in [0.1, 0.15) is 0 Å². The molecule has 0 aliphatic rings. The smallest absolute Gasteiger partial charge is 0.0385 e. The summed E-state index contributed by atoms with van der Waals surface area (Å²) < 4.78 is 0. The van der Waals surface area contributed by atoms with Crippen LogP contribution in [0.15, 0.2) is 17.1 Å². The zero-order valence-corrected chi connectivity index (χ0v) is 8.47. The summed E-state index contributed by atoms with van der Waals surface area (Å²) in [6.45, 7) is 9.11. The predicted molar refractivity (Wildman–Crippen MR) is 56.9 cm³/mol. The van der Waals surface area contributed by atoms with E-state index in [9.17, 15) is 0 Å². The molecule has 0 aromatic heterocycles. The SMILES string of the molecule is C=C(CC)CCCCCN=CC. The summed E-state index contributed by atoms with van der Waals surface area (Å²) in [5.41, 5.74) is 1.38. The van der Waals surface area contributed by atoms with Gasteiger partial charge in [0.05, 0.1) is 0 Å². The third-order valence-corrected chi connectivity index (χ3v) is 2.00. The predicted octanol–water partition coefficient (Wildman–Crippen LogP) is 3.60. The first kappa shape index (κ1) is 11.4. The molecule has 0 saturated carbocycles. The zero-order chi connectivity index (χ0) is 9.23. The van der Waals surface area contributed by atoms with E-state index < -0.39 is 0 Å². The largest absolute Gasteiger partial charge is 0.298 e. The van der Waals surface area contributed by atoms with Crippen molar-refractivity contribution in [2.75, 3.05) is 6.54 Å². The van der Waals surface area contributed by atoms with Crippen molar-refractivity contribution >= 4 is 6.21 Å². The standard InChI is InChI=1S/C11H21N/c1-4-11(3)9-7-6-8-10-12-5-2/h5H,3-4,6-10H2,1-2H3. The molecule has 0 N–H and O–H groups in total. The van der Waals surface area contributed by atoms with Crippen molar-refractivity contribution in [2.24, 2.45) is 4.99 Å². The Bertz CT molecular complexity index is 136. The fourth-order valence-electron chi connectivity index (χ4n) is 1.06. The highest BCUT2D eigenvalue weighted by molar-refractivity contribution is 5.53. The molecule has 0 radical (unpaired) electrons. The fourth-order valence-corrected chi connectivity index (χ4v) is 1.06. The van der Waals surface area contributed by atoms with Gasteiger partial charge in [-0.1, -0.05) is 25.5 Å². The van der Waals surface area contributed by atoms with Gasteiger partial charge in [-0.2, -0.15) is 0 Å². The van der Waals surface area contributed by atoms with E-state index in [1.807, 2.05) is 13.1 Å². The monoisotopic (exact) mass is 167 g/mol. The van der Waals surface area contributed by atoms with Gasteiger partial charge in [0.15, 0.2) is 0 Å². The molecule has 0 aliphatic heterocycles. The summed E-state index contributed by atoms with van der Waals surface area (Å²) in [5, 5.41) is 0. The Balaban J connectivity index is 3.05. The Kier molecular flexibility index (Phi) is 8.09. The molecule has 0 rings (SSSR count). The normalized spacial score (nSPS) is 10.8. The molecular formula is C11H21N. The molecule has 12 heavy (non-hydrogen) atoms. The zero-order valence-electron chi connectivity index (χ0n) is 8.47. The van der Waals surface area contributed by atoms with Crippen molar-refractivity contribution in [3.8, 4) is 0 Å².